The lowest BCUT2D eigenvalue weighted by Gasteiger charge is -2.20. The number of aromatic nitrogens is 6. The molecule has 0 fully saturated rings. The second-order valence-electron chi connectivity index (χ2n) is 7.45. The van der Waals surface area contributed by atoms with Crippen molar-refractivity contribution in [3.8, 4) is 0 Å². The molecule has 3 heterocycles. The number of hydrogen-bond donors (Lipinski definition) is 3. The molecule has 3 aromatic rings. The first-order chi connectivity index (χ1) is 16.6. The van der Waals surface area contributed by atoms with E-state index in [0.29, 0.717) is 0 Å². The molecule has 0 atom stereocenters. The number of rotatable bonds is 9. The van der Waals surface area contributed by atoms with E-state index in [4.69, 9.17) is 0 Å². The molecule has 0 bridgehead atoms. The summed E-state index contributed by atoms with van der Waals surface area (Å²) in [4.78, 5) is 0. The summed E-state index contributed by atoms with van der Waals surface area (Å²) in [5.74, 6) is 0. The van der Waals surface area contributed by atoms with Crippen LogP contribution >= 0.6 is 7.92 Å². The van der Waals surface area contributed by atoms with Crippen LogP contribution in [0.2, 0.25) is 0 Å². The number of nitrogens with one attached hydrogen (secondary N) is 3. The molecule has 176 valence electrons. The van der Waals surface area contributed by atoms with Gasteiger partial charge < -0.3 is 0 Å². The van der Waals surface area contributed by atoms with E-state index >= 15 is 0 Å². The Hall–Kier alpha value is -3.50. The largest absolute Gasteiger partial charge is 0.277 e. The zero-order valence-electron chi connectivity index (χ0n) is 20.7. The quantitative estimate of drug-likeness (QED) is 0.343. The Kier molecular flexibility index (Phi) is 8.94. The highest BCUT2D eigenvalue weighted by atomic mass is 31.1. The van der Waals surface area contributed by atoms with E-state index in [1.165, 1.54) is 0 Å². The summed E-state index contributed by atoms with van der Waals surface area (Å²) in [6.45, 7) is 12.1. The number of H-pyrrole nitrogens is 3. The predicted octanol–water partition coefficient (Wildman–Crippen LogP) is 5.81. The molecule has 0 spiro atoms. The van der Waals surface area contributed by atoms with Gasteiger partial charge in [-0.25, -0.2) is 0 Å². The molecule has 3 N–H and O–H groups in total. The van der Waals surface area contributed by atoms with Crippen LogP contribution in [0.5, 0.6) is 0 Å². The van der Waals surface area contributed by atoms with Gasteiger partial charge in [-0.1, -0.05) is 36.5 Å². The Morgan fingerprint density at radius 1 is 0.441 bits per heavy atom. The molecule has 0 aliphatic rings. The smallest absolute Gasteiger partial charge is 0.0935 e. The van der Waals surface area contributed by atoms with Gasteiger partial charge in [-0.05, 0) is 78.0 Å². The monoisotopic (exact) mass is 472 g/mol. The molecule has 7 heteroatoms. The first-order valence-corrected chi connectivity index (χ1v) is 12.8. The summed E-state index contributed by atoms with van der Waals surface area (Å²) in [5, 5.41) is 27.3. The zero-order chi connectivity index (χ0) is 24.5. The second-order valence-corrected chi connectivity index (χ2v) is 9.46. The van der Waals surface area contributed by atoms with Gasteiger partial charge in [0.1, 0.15) is 0 Å². The van der Waals surface area contributed by atoms with Crippen molar-refractivity contribution in [2.24, 2.45) is 0 Å². The van der Waals surface area contributed by atoms with Crippen molar-refractivity contribution in [3.05, 3.63) is 70.6 Å². The summed E-state index contributed by atoms with van der Waals surface area (Å²) in [6, 6.07) is 0. The molecule has 0 saturated carbocycles. The van der Waals surface area contributed by atoms with E-state index < -0.39 is 7.92 Å². The van der Waals surface area contributed by atoms with Crippen molar-refractivity contribution in [2.45, 2.75) is 41.5 Å². The average molecular weight is 473 g/mol. The van der Waals surface area contributed by atoms with Gasteiger partial charge >= 0.3 is 0 Å². The molecule has 3 rings (SSSR count). The minimum absolute atomic E-state index is 0.917. The van der Waals surface area contributed by atoms with Crippen molar-refractivity contribution in [3.63, 3.8) is 0 Å². The molecular formula is C27H33N6P. The lowest BCUT2D eigenvalue weighted by molar-refractivity contribution is 1.07. The molecule has 0 radical (unpaired) electrons. The minimum Gasteiger partial charge on any atom is -0.277 e. The van der Waals surface area contributed by atoms with Crippen LogP contribution in [0, 0.1) is 0 Å². The molecule has 0 saturated heterocycles. The van der Waals surface area contributed by atoms with E-state index in [1.807, 2.05) is 78.0 Å². The Labute approximate surface area is 203 Å². The number of allylic oxidation sites excluding steroid dienone is 6. The van der Waals surface area contributed by atoms with Crippen LogP contribution < -0.4 is 15.9 Å². The van der Waals surface area contributed by atoms with Crippen LogP contribution in [-0.4, -0.2) is 30.6 Å². The highest BCUT2D eigenvalue weighted by molar-refractivity contribution is 7.80. The predicted molar refractivity (Wildman–Crippen MR) is 150 cm³/mol. The highest BCUT2D eigenvalue weighted by Gasteiger charge is 2.33. The molecule has 0 amide bonds. The molecule has 34 heavy (non-hydrogen) atoms. The van der Waals surface area contributed by atoms with Crippen molar-refractivity contribution in [1.29, 1.82) is 0 Å². The summed E-state index contributed by atoms with van der Waals surface area (Å²) in [7, 11) is -1.12. The van der Waals surface area contributed by atoms with E-state index in [0.717, 1.165) is 50.1 Å². The van der Waals surface area contributed by atoms with Crippen LogP contribution in [0.1, 0.15) is 75.7 Å². The van der Waals surface area contributed by atoms with Crippen LogP contribution in [-0.2, 0) is 0 Å². The Bertz CT molecular complexity index is 1030. The van der Waals surface area contributed by atoms with Gasteiger partial charge in [0.25, 0.3) is 0 Å². The first-order valence-electron chi connectivity index (χ1n) is 11.5. The standard InChI is InChI=1S/C27H33N6P/c1-7-13-19-25(20(14-8-2)29-28-19)34(26-21(15-9-3)30-31-22(26)16-10-4)27-23(17-11-5)32-33-24(27)18-12-6/h7-18H,1-6H3,(H,28,29)(H,30,31)(H,32,33). The zero-order valence-corrected chi connectivity index (χ0v) is 21.6. The molecule has 0 aliphatic heterocycles. The van der Waals surface area contributed by atoms with Crippen molar-refractivity contribution in [2.75, 3.05) is 0 Å². The summed E-state index contributed by atoms with van der Waals surface area (Å²) < 4.78 is 0. The van der Waals surface area contributed by atoms with Gasteiger partial charge in [-0.3, -0.25) is 15.3 Å². The third kappa shape index (κ3) is 5.02. The first kappa shape index (κ1) is 25.1. The van der Waals surface area contributed by atoms with Crippen LogP contribution in [0.3, 0.4) is 0 Å². The number of hydrogen-bond acceptors (Lipinski definition) is 3. The van der Waals surface area contributed by atoms with Crippen molar-refractivity contribution < 1.29 is 0 Å². The average Bonchev–Trinajstić information content (AvgIpc) is 3.51. The van der Waals surface area contributed by atoms with Crippen LogP contribution in [0.15, 0.2) is 36.5 Å². The van der Waals surface area contributed by atoms with Gasteiger partial charge in [0, 0.05) is 23.8 Å². The van der Waals surface area contributed by atoms with E-state index in [-0.39, 0.29) is 0 Å². The molecule has 0 aromatic carbocycles. The summed E-state index contributed by atoms with van der Waals surface area (Å²) >= 11 is 0. The lowest BCUT2D eigenvalue weighted by Crippen LogP contribution is -2.27. The van der Waals surface area contributed by atoms with E-state index in [2.05, 4.69) is 67.0 Å². The third-order valence-corrected chi connectivity index (χ3v) is 7.78. The van der Waals surface area contributed by atoms with Gasteiger partial charge in [-0.15, -0.1) is 0 Å². The minimum atomic E-state index is -1.12. The van der Waals surface area contributed by atoms with Crippen LogP contribution in [0.25, 0.3) is 36.5 Å². The Morgan fingerprint density at radius 3 is 0.941 bits per heavy atom. The van der Waals surface area contributed by atoms with Gasteiger partial charge in [-0.2, -0.15) is 15.3 Å². The molecule has 0 aliphatic carbocycles. The summed E-state index contributed by atoms with van der Waals surface area (Å²) in [5.41, 5.74) is 5.71. The second kappa shape index (κ2) is 12.1. The molecular weight excluding hydrogens is 439 g/mol. The maximum Gasteiger partial charge on any atom is 0.0935 e. The maximum atomic E-state index is 4.69. The summed E-state index contributed by atoms with van der Waals surface area (Å²) in [6.07, 6.45) is 24.6. The fourth-order valence-corrected chi connectivity index (χ4v) is 6.63. The fourth-order valence-electron chi connectivity index (χ4n) is 3.80. The molecule has 6 nitrogen and oxygen atoms in total. The third-order valence-electron chi connectivity index (χ3n) is 5.03. The van der Waals surface area contributed by atoms with Crippen LogP contribution in [0.4, 0.5) is 0 Å². The van der Waals surface area contributed by atoms with E-state index in [9.17, 15) is 0 Å². The van der Waals surface area contributed by atoms with Gasteiger partial charge in [0.05, 0.1) is 34.2 Å². The fraction of sp³-hybridized carbons (Fsp3) is 0.222. The number of nitrogens with zero attached hydrogens (tertiary/aromatic N) is 3. The van der Waals surface area contributed by atoms with Gasteiger partial charge in [0.15, 0.2) is 0 Å². The Balaban J connectivity index is 2.54. The normalized spacial score (nSPS) is 13.9. The maximum absolute atomic E-state index is 4.69. The van der Waals surface area contributed by atoms with Gasteiger partial charge in [0.2, 0.25) is 0 Å². The Morgan fingerprint density at radius 2 is 0.706 bits per heavy atom. The molecule has 0 unspecified atom stereocenters. The SMILES string of the molecule is CC=Cc1n[nH]c(C=CC)c1P(c1c(C=CC)n[nH]c1C=CC)c1c(C=CC)n[nH]c1C=CC. The number of aromatic amines is 3. The topological polar surface area (TPSA) is 86.0 Å². The highest BCUT2D eigenvalue weighted by Crippen LogP contribution is 2.41. The van der Waals surface area contributed by atoms with Crippen molar-refractivity contribution >= 4 is 60.3 Å². The molecule has 3 aromatic heterocycles. The van der Waals surface area contributed by atoms with E-state index in [1.54, 1.807) is 0 Å². The lowest BCUT2D eigenvalue weighted by atomic mass is 10.3. The van der Waals surface area contributed by atoms with Crippen molar-refractivity contribution in [1.82, 2.24) is 30.6 Å².